The molecule has 0 N–H and O–H groups in total. The number of rotatable bonds is 3. The van der Waals surface area contributed by atoms with E-state index in [1.54, 1.807) is 44.2 Å². The van der Waals surface area contributed by atoms with E-state index in [0.29, 0.717) is 11.2 Å². The maximum atomic E-state index is 2.89. The highest BCUT2D eigenvalue weighted by Crippen LogP contribution is 2.57. The Morgan fingerprint density at radius 3 is 2.34 bits per heavy atom. The number of aromatic nitrogens is 2. The maximum Gasteiger partial charge on any atom is 0.295 e. The first-order chi connectivity index (χ1) is 20.4. The van der Waals surface area contributed by atoms with Gasteiger partial charge in [-0.05, 0) is 92.4 Å². The third-order valence-corrected chi connectivity index (χ3v) is 13.0. The van der Waals surface area contributed by atoms with Gasteiger partial charge in [-0.1, -0.05) is 68.9 Å². The van der Waals surface area contributed by atoms with Gasteiger partial charge in [-0.3, -0.25) is 0 Å². The molecule has 2 nitrogen and oxygen atoms in total. The highest BCUT2D eigenvalue weighted by atomic mass is 32.2. The molecule has 3 heterocycles. The largest absolute Gasteiger partial charge is 0.295 e. The number of imidazole rings is 1. The van der Waals surface area contributed by atoms with Gasteiger partial charge in [0.2, 0.25) is 0 Å². The lowest BCUT2D eigenvalue weighted by Crippen LogP contribution is -2.36. The van der Waals surface area contributed by atoms with E-state index in [-0.39, 0.29) is 0 Å². The first-order valence-electron chi connectivity index (χ1n) is 17.2. The highest BCUT2D eigenvalue weighted by molar-refractivity contribution is 8.01. The molecular formula is C38H45N2S+. The maximum absolute atomic E-state index is 2.89. The first-order valence-corrected chi connectivity index (χ1v) is 18.1. The topological polar surface area (TPSA) is 8.81 Å². The predicted molar refractivity (Wildman–Crippen MR) is 170 cm³/mol. The van der Waals surface area contributed by atoms with Crippen LogP contribution in [0.4, 0.5) is 0 Å². The van der Waals surface area contributed by atoms with E-state index >= 15 is 0 Å². The summed E-state index contributed by atoms with van der Waals surface area (Å²) in [7, 11) is 0. The standard InChI is InChI=1S/C38H45N2S/c1-3-13-25(14-4-1)30-23-31(26-15-5-2-6-16-26)36(37-35(30)29-19-9-12-22-34(29)41-37)40-33-21-11-10-20-32(33)39-24-27-17-7-8-18-28(27)38(39)40/h7-8,17-19,23,25-26,34H,1-6,9-16,20-22,24H2/q+1. The van der Waals surface area contributed by atoms with E-state index in [1.165, 1.54) is 126 Å². The Balaban J connectivity index is 1.36. The van der Waals surface area contributed by atoms with Crippen molar-refractivity contribution in [3.8, 4) is 17.1 Å². The number of thioether (sulfide) groups is 1. The molecule has 1 atom stereocenters. The second-order valence-electron chi connectivity index (χ2n) is 14.0. The third-order valence-electron chi connectivity index (χ3n) is 11.6. The summed E-state index contributed by atoms with van der Waals surface area (Å²) in [6, 6.07) is 12.2. The molecule has 2 fully saturated rings. The quantitative estimate of drug-likeness (QED) is 0.226. The molecule has 6 aliphatic rings. The van der Waals surface area contributed by atoms with Crippen LogP contribution in [-0.2, 0) is 19.4 Å². The molecule has 3 heteroatoms. The Morgan fingerprint density at radius 2 is 1.51 bits per heavy atom. The Labute approximate surface area is 250 Å². The van der Waals surface area contributed by atoms with Crippen molar-refractivity contribution in [3.05, 3.63) is 70.0 Å². The number of hydrogen-bond donors (Lipinski definition) is 0. The molecule has 4 aliphatic carbocycles. The van der Waals surface area contributed by atoms with Crippen molar-refractivity contribution in [2.75, 3.05) is 0 Å². The molecule has 0 bridgehead atoms. The van der Waals surface area contributed by atoms with Crippen LogP contribution in [0.2, 0.25) is 0 Å². The van der Waals surface area contributed by atoms with Gasteiger partial charge in [-0.15, -0.1) is 11.8 Å². The molecular weight excluding hydrogens is 516 g/mol. The summed E-state index contributed by atoms with van der Waals surface area (Å²) < 4.78 is 5.63. The molecule has 0 saturated heterocycles. The van der Waals surface area contributed by atoms with Crippen molar-refractivity contribution in [3.63, 3.8) is 0 Å². The van der Waals surface area contributed by atoms with Crippen LogP contribution in [0.15, 0.2) is 41.3 Å². The van der Waals surface area contributed by atoms with Crippen molar-refractivity contribution in [1.29, 1.82) is 0 Å². The Morgan fingerprint density at radius 1 is 0.756 bits per heavy atom. The van der Waals surface area contributed by atoms with Crippen molar-refractivity contribution >= 4 is 17.3 Å². The Kier molecular flexibility index (Phi) is 6.27. The summed E-state index contributed by atoms with van der Waals surface area (Å²) in [5, 5.41) is 0.667. The summed E-state index contributed by atoms with van der Waals surface area (Å²) in [4.78, 5) is 1.68. The van der Waals surface area contributed by atoms with Crippen molar-refractivity contribution in [2.45, 2.75) is 138 Å². The first kappa shape index (κ1) is 25.3. The Bertz CT molecular complexity index is 1540. The van der Waals surface area contributed by atoms with Gasteiger partial charge in [0.25, 0.3) is 5.82 Å². The molecule has 1 aromatic heterocycles. The minimum absolute atomic E-state index is 0.667. The molecule has 0 spiro atoms. The molecule has 9 rings (SSSR count). The van der Waals surface area contributed by atoms with Crippen molar-refractivity contribution in [1.82, 2.24) is 4.57 Å². The van der Waals surface area contributed by atoms with E-state index in [0.717, 1.165) is 12.5 Å². The molecule has 2 saturated carbocycles. The molecule has 3 aromatic rings. The van der Waals surface area contributed by atoms with Gasteiger partial charge in [0.1, 0.15) is 12.2 Å². The van der Waals surface area contributed by atoms with Crippen LogP contribution in [0.5, 0.6) is 0 Å². The van der Waals surface area contributed by atoms with E-state index in [1.807, 2.05) is 0 Å². The molecule has 0 amide bonds. The summed E-state index contributed by atoms with van der Waals surface area (Å²) in [6.45, 7) is 1.06. The number of nitrogens with zero attached hydrogens (tertiary/aromatic N) is 2. The molecule has 41 heavy (non-hydrogen) atoms. The van der Waals surface area contributed by atoms with Crippen LogP contribution in [0.25, 0.3) is 22.6 Å². The average molecular weight is 562 g/mol. The van der Waals surface area contributed by atoms with Gasteiger partial charge < -0.3 is 0 Å². The van der Waals surface area contributed by atoms with Gasteiger partial charge in [0.05, 0.1) is 10.5 Å². The fourth-order valence-corrected chi connectivity index (χ4v) is 11.3. The lowest BCUT2D eigenvalue weighted by atomic mass is 9.75. The van der Waals surface area contributed by atoms with Crippen LogP contribution >= 0.6 is 11.8 Å². The van der Waals surface area contributed by atoms with Crippen LogP contribution in [0.1, 0.15) is 142 Å². The minimum atomic E-state index is 0.667. The number of fused-ring (bicyclic) bond motifs is 8. The zero-order chi connectivity index (χ0) is 26.9. The van der Waals surface area contributed by atoms with Crippen LogP contribution in [0.3, 0.4) is 0 Å². The molecule has 212 valence electrons. The SMILES string of the molecule is C1=C2c3c(C4CCCCC4)cc(C4CCCCC4)c(-n4c5c([n+]6c4-c4ccccc4C6)CCCC5)c3SC2CCC1. The van der Waals surface area contributed by atoms with Gasteiger partial charge in [0, 0.05) is 29.2 Å². The molecule has 2 aliphatic heterocycles. The van der Waals surface area contributed by atoms with Gasteiger partial charge in [0.15, 0.2) is 11.4 Å². The zero-order valence-corrected chi connectivity index (χ0v) is 25.5. The second kappa shape index (κ2) is 10.2. The Hall–Kier alpha value is -2.26. The summed E-state index contributed by atoms with van der Waals surface area (Å²) >= 11 is 2.28. The average Bonchev–Trinajstić information content (AvgIpc) is 3.71. The highest BCUT2D eigenvalue weighted by Gasteiger charge is 2.44. The number of hydrogen-bond acceptors (Lipinski definition) is 1. The summed E-state index contributed by atoms with van der Waals surface area (Å²) in [5.74, 6) is 2.97. The number of allylic oxidation sites excluding steroid dienone is 1. The molecule has 0 radical (unpaired) electrons. The van der Waals surface area contributed by atoms with E-state index in [4.69, 9.17) is 0 Å². The number of benzene rings is 2. The predicted octanol–water partition coefficient (Wildman–Crippen LogP) is 9.81. The zero-order valence-electron chi connectivity index (χ0n) is 24.7. The van der Waals surface area contributed by atoms with Gasteiger partial charge in [-0.25, -0.2) is 4.57 Å². The van der Waals surface area contributed by atoms with E-state index in [2.05, 4.69) is 57.3 Å². The minimum Gasteiger partial charge on any atom is -0.222 e. The monoisotopic (exact) mass is 561 g/mol. The second-order valence-corrected chi connectivity index (χ2v) is 15.2. The molecule has 2 aromatic carbocycles. The molecule has 1 unspecified atom stereocenters. The van der Waals surface area contributed by atoms with Crippen molar-refractivity contribution < 1.29 is 4.57 Å². The van der Waals surface area contributed by atoms with Crippen molar-refractivity contribution in [2.24, 2.45) is 0 Å². The van der Waals surface area contributed by atoms with E-state index in [9.17, 15) is 0 Å². The lowest BCUT2D eigenvalue weighted by molar-refractivity contribution is -0.678. The third kappa shape index (κ3) is 3.93. The fraction of sp³-hybridized carbons (Fsp3) is 0.553. The smallest absolute Gasteiger partial charge is 0.222 e. The van der Waals surface area contributed by atoms with Gasteiger partial charge in [-0.2, -0.15) is 4.57 Å². The fourth-order valence-electron chi connectivity index (χ4n) is 9.67. The summed E-state index contributed by atoms with van der Waals surface area (Å²) in [5.41, 5.74) is 14.9. The van der Waals surface area contributed by atoms with E-state index < -0.39 is 0 Å². The van der Waals surface area contributed by atoms with Gasteiger partial charge >= 0.3 is 0 Å². The summed E-state index contributed by atoms with van der Waals surface area (Å²) in [6.07, 6.45) is 25.9. The van der Waals surface area contributed by atoms with Crippen LogP contribution in [0, 0.1) is 0 Å². The van der Waals surface area contributed by atoms with Crippen LogP contribution in [-0.4, -0.2) is 9.82 Å². The van der Waals surface area contributed by atoms with Crippen LogP contribution < -0.4 is 4.57 Å². The lowest BCUT2D eigenvalue weighted by Gasteiger charge is -2.30. The normalized spacial score (nSPS) is 23.9.